The van der Waals surface area contributed by atoms with Crippen molar-refractivity contribution in [2.75, 3.05) is 6.61 Å². The zero-order valence-corrected chi connectivity index (χ0v) is 9.89. The van der Waals surface area contributed by atoms with E-state index in [0.29, 0.717) is 12.0 Å². The normalized spacial score (nSPS) is 24.9. The fraction of sp³-hybridized carbons (Fsp3) is 0.455. The van der Waals surface area contributed by atoms with Crippen LogP contribution in [0.1, 0.15) is 11.3 Å². The minimum absolute atomic E-state index is 0.250. The van der Waals surface area contributed by atoms with Gasteiger partial charge in [0.05, 0.1) is 4.34 Å². The summed E-state index contributed by atoms with van der Waals surface area (Å²) in [4.78, 5) is 1.25. The highest BCUT2D eigenvalue weighted by Gasteiger charge is 2.17. The van der Waals surface area contributed by atoms with Gasteiger partial charge in [0, 0.05) is 30.0 Å². The molecular formula is C11H14ClNOS. The maximum absolute atomic E-state index is 8.98. The van der Waals surface area contributed by atoms with Gasteiger partial charge in [-0.3, -0.25) is 0 Å². The summed E-state index contributed by atoms with van der Waals surface area (Å²) in [5.74, 6) is 0.328. The summed E-state index contributed by atoms with van der Waals surface area (Å²) in [6, 6.07) is 4.36. The van der Waals surface area contributed by atoms with Gasteiger partial charge in [-0.15, -0.1) is 11.3 Å². The zero-order chi connectivity index (χ0) is 10.7. The number of halogens is 1. The van der Waals surface area contributed by atoms with Crippen LogP contribution in [0.25, 0.3) is 0 Å². The van der Waals surface area contributed by atoms with Gasteiger partial charge in [0.1, 0.15) is 0 Å². The first-order valence-corrected chi connectivity index (χ1v) is 6.24. The van der Waals surface area contributed by atoms with Crippen LogP contribution in [-0.2, 0) is 6.54 Å². The molecule has 2 rings (SSSR count). The molecule has 4 heteroatoms. The smallest absolute Gasteiger partial charge is 0.0931 e. The van der Waals surface area contributed by atoms with Crippen LogP contribution < -0.4 is 5.32 Å². The monoisotopic (exact) mass is 243 g/mol. The molecule has 0 aliphatic heterocycles. The molecule has 0 saturated heterocycles. The number of aliphatic hydroxyl groups is 1. The fourth-order valence-corrected chi connectivity index (χ4v) is 2.78. The lowest BCUT2D eigenvalue weighted by molar-refractivity contribution is 0.246. The Hall–Kier alpha value is -0.350. The summed E-state index contributed by atoms with van der Waals surface area (Å²) in [6.45, 7) is 1.10. The second kappa shape index (κ2) is 5.12. The summed E-state index contributed by atoms with van der Waals surface area (Å²) in [7, 11) is 0. The van der Waals surface area contributed by atoms with Gasteiger partial charge in [0.2, 0.25) is 0 Å². The highest BCUT2D eigenvalue weighted by atomic mass is 35.5. The molecule has 0 aromatic carbocycles. The topological polar surface area (TPSA) is 32.3 Å². The van der Waals surface area contributed by atoms with E-state index in [1.54, 1.807) is 11.3 Å². The molecule has 1 aromatic rings. The van der Waals surface area contributed by atoms with E-state index < -0.39 is 0 Å². The fourth-order valence-electron chi connectivity index (χ4n) is 1.74. The molecule has 1 aliphatic carbocycles. The Bertz CT molecular complexity index is 350. The number of hydrogen-bond donors (Lipinski definition) is 2. The van der Waals surface area contributed by atoms with Crippen LogP contribution in [0.4, 0.5) is 0 Å². The standard InChI is InChI=1S/C11H14ClNOS/c12-11-4-3-10(15-11)6-13-9-2-1-8(5-9)7-14/h1-4,8-9,13-14H,5-7H2/t8-,9+/m0/s1. The van der Waals surface area contributed by atoms with Crippen molar-refractivity contribution in [3.63, 3.8) is 0 Å². The van der Waals surface area contributed by atoms with Crippen molar-refractivity contribution in [2.24, 2.45) is 5.92 Å². The predicted octanol–water partition coefficient (Wildman–Crippen LogP) is 2.43. The molecule has 0 spiro atoms. The van der Waals surface area contributed by atoms with Gasteiger partial charge in [0.25, 0.3) is 0 Å². The minimum atomic E-state index is 0.250. The molecule has 2 N–H and O–H groups in total. The van der Waals surface area contributed by atoms with Crippen LogP contribution in [0.3, 0.4) is 0 Å². The van der Waals surface area contributed by atoms with E-state index in [1.165, 1.54) is 4.88 Å². The Balaban J connectivity index is 1.78. The summed E-state index contributed by atoms with van der Waals surface area (Å²) < 4.78 is 0.835. The van der Waals surface area contributed by atoms with Gasteiger partial charge >= 0.3 is 0 Å². The Morgan fingerprint density at radius 1 is 1.47 bits per heavy atom. The van der Waals surface area contributed by atoms with Crippen LogP contribution in [0.5, 0.6) is 0 Å². The van der Waals surface area contributed by atoms with E-state index in [2.05, 4.69) is 17.5 Å². The van der Waals surface area contributed by atoms with Gasteiger partial charge in [-0.05, 0) is 18.6 Å². The predicted molar refractivity (Wildman–Crippen MR) is 64.3 cm³/mol. The van der Waals surface area contributed by atoms with Crippen molar-refractivity contribution in [1.82, 2.24) is 5.32 Å². The Morgan fingerprint density at radius 2 is 2.33 bits per heavy atom. The molecule has 15 heavy (non-hydrogen) atoms. The van der Waals surface area contributed by atoms with Gasteiger partial charge in [-0.25, -0.2) is 0 Å². The van der Waals surface area contributed by atoms with Crippen LogP contribution >= 0.6 is 22.9 Å². The number of thiophene rings is 1. The maximum atomic E-state index is 8.98. The minimum Gasteiger partial charge on any atom is -0.396 e. The second-order valence-corrected chi connectivity index (χ2v) is 5.56. The summed E-state index contributed by atoms with van der Waals surface area (Å²) in [5, 5.41) is 12.4. The van der Waals surface area contributed by atoms with Crippen molar-refractivity contribution in [3.05, 3.63) is 33.5 Å². The lowest BCUT2D eigenvalue weighted by Crippen LogP contribution is -2.25. The van der Waals surface area contributed by atoms with Gasteiger partial charge < -0.3 is 10.4 Å². The molecule has 0 bridgehead atoms. The van der Waals surface area contributed by atoms with Crippen molar-refractivity contribution in [3.8, 4) is 0 Å². The summed E-state index contributed by atoms with van der Waals surface area (Å²) in [5.41, 5.74) is 0. The first-order valence-electron chi connectivity index (χ1n) is 5.04. The molecule has 1 aromatic heterocycles. The average molecular weight is 244 g/mol. The van der Waals surface area contributed by atoms with Crippen LogP contribution in [0.15, 0.2) is 24.3 Å². The second-order valence-electron chi connectivity index (χ2n) is 3.76. The first-order chi connectivity index (χ1) is 7.28. The lowest BCUT2D eigenvalue weighted by atomic mass is 10.1. The van der Waals surface area contributed by atoms with Gasteiger partial charge in [0.15, 0.2) is 0 Å². The molecule has 1 aliphatic rings. The van der Waals surface area contributed by atoms with Gasteiger partial charge in [-0.1, -0.05) is 23.8 Å². The molecular weight excluding hydrogens is 230 g/mol. The third-order valence-electron chi connectivity index (χ3n) is 2.57. The molecule has 1 heterocycles. The van der Waals surface area contributed by atoms with Crippen LogP contribution in [0.2, 0.25) is 4.34 Å². The molecule has 2 nitrogen and oxygen atoms in total. The summed E-state index contributed by atoms with van der Waals surface area (Å²) >= 11 is 7.45. The van der Waals surface area contributed by atoms with E-state index in [0.717, 1.165) is 17.3 Å². The zero-order valence-electron chi connectivity index (χ0n) is 8.32. The van der Waals surface area contributed by atoms with E-state index >= 15 is 0 Å². The molecule has 2 atom stereocenters. The van der Waals surface area contributed by atoms with E-state index in [4.69, 9.17) is 16.7 Å². The van der Waals surface area contributed by atoms with E-state index in [9.17, 15) is 0 Å². The summed E-state index contributed by atoms with van der Waals surface area (Å²) in [6.07, 6.45) is 5.21. The van der Waals surface area contributed by atoms with Crippen LogP contribution in [0, 0.1) is 5.92 Å². The van der Waals surface area contributed by atoms with E-state index in [-0.39, 0.29) is 6.61 Å². The maximum Gasteiger partial charge on any atom is 0.0931 e. The molecule has 0 radical (unpaired) electrons. The number of aliphatic hydroxyl groups excluding tert-OH is 1. The Morgan fingerprint density at radius 3 is 2.93 bits per heavy atom. The van der Waals surface area contributed by atoms with Crippen molar-refractivity contribution < 1.29 is 5.11 Å². The largest absolute Gasteiger partial charge is 0.396 e. The van der Waals surface area contributed by atoms with Crippen molar-refractivity contribution in [1.29, 1.82) is 0 Å². The van der Waals surface area contributed by atoms with Crippen molar-refractivity contribution >= 4 is 22.9 Å². The van der Waals surface area contributed by atoms with Crippen molar-refractivity contribution in [2.45, 2.75) is 19.0 Å². The Labute approximate surface area is 98.6 Å². The highest BCUT2D eigenvalue weighted by molar-refractivity contribution is 7.16. The molecule has 0 fully saturated rings. The molecule has 0 saturated carbocycles. The molecule has 0 amide bonds. The third kappa shape index (κ3) is 3.05. The first kappa shape index (κ1) is 11.1. The highest BCUT2D eigenvalue weighted by Crippen LogP contribution is 2.22. The number of nitrogens with one attached hydrogen (secondary N) is 1. The van der Waals surface area contributed by atoms with E-state index in [1.807, 2.05) is 12.1 Å². The average Bonchev–Trinajstić information content (AvgIpc) is 2.83. The quantitative estimate of drug-likeness (QED) is 0.797. The lowest BCUT2D eigenvalue weighted by Gasteiger charge is -2.11. The number of rotatable bonds is 4. The number of hydrogen-bond acceptors (Lipinski definition) is 3. The third-order valence-corrected chi connectivity index (χ3v) is 3.81. The van der Waals surface area contributed by atoms with Gasteiger partial charge in [-0.2, -0.15) is 0 Å². The Kier molecular flexibility index (Phi) is 3.81. The molecule has 82 valence electrons. The van der Waals surface area contributed by atoms with Crippen LogP contribution in [-0.4, -0.2) is 17.8 Å². The SMILES string of the molecule is OC[C@H]1C=C[C@@H](NCc2ccc(Cl)s2)C1. The molecule has 0 unspecified atom stereocenters.